The van der Waals surface area contributed by atoms with E-state index in [2.05, 4.69) is 25.6 Å². The second-order valence-electron chi connectivity index (χ2n) is 4.14. The highest BCUT2D eigenvalue weighted by Crippen LogP contribution is 2.32. The van der Waals surface area contributed by atoms with Crippen molar-refractivity contribution in [2.24, 2.45) is 11.7 Å². The number of nitrogens with one attached hydrogen (secondary N) is 1. The molecule has 102 valence electrons. The summed E-state index contributed by atoms with van der Waals surface area (Å²) in [6.07, 6.45) is 4.95. The van der Waals surface area contributed by atoms with Gasteiger partial charge in [-0.15, -0.1) is 12.4 Å². The lowest BCUT2D eigenvalue weighted by atomic mass is 10.2. The Hall–Kier alpha value is -0.210. The Labute approximate surface area is 121 Å². The molecule has 1 aromatic heterocycles. The second-order valence-corrected chi connectivity index (χ2v) is 6.77. The van der Waals surface area contributed by atoms with Gasteiger partial charge >= 0.3 is 0 Å². The highest BCUT2D eigenvalue weighted by molar-refractivity contribution is 9.10. The number of hydrogen-bond donors (Lipinski definition) is 2. The molecule has 0 bridgehead atoms. The first-order valence-corrected chi connectivity index (χ1v) is 7.63. The van der Waals surface area contributed by atoms with Crippen LogP contribution in [0.5, 0.6) is 0 Å². The van der Waals surface area contributed by atoms with E-state index in [-0.39, 0.29) is 23.3 Å². The van der Waals surface area contributed by atoms with Gasteiger partial charge in [-0.2, -0.15) is 0 Å². The molecular formula is C10H15BrClN3O2S. The summed E-state index contributed by atoms with van der Waals surface area (Å²) in [6, 6.07) is 1.36. The molecule has 8 heteroatoms. The molecule has 1 unspecified atom stereocenters. The molecule has 0 saturated heterocycles. The number of halogens is 2. The van der Waals surface area contributed by atoms with Gasteiger partial charge in [-0.3, -0.25) is 4.98 Å². The summed E-state index contributed by atoms with van der Waals surface area (Å²) in [7, 11) is -3.52. The van der Waals surface area contributed by atoms with Crippen LogP contribution in [-0.2, 0) is 10.0 Å². The van der Waals surface area contributed by atoms with Gasteiger partial charge in [-0.1, -0.05) is 0 Å². The maximum Gasteiger partial charge on any atom is 0.242 e. The Morgan fingerprint density at radius 1 is 1.50 bits per heavy atom. The van der Waals surface area contributed by atoms with E-state index in [4.69, 9.17) is 5.73 Å². The van der Waals surface area contributed by atoms with E-state index in [0.717, 1.165) is 12.8 Å². The zero-order valence-corrected chi connectivity index (χ0v) is 12.8. The maximum absolute atomic E-state index is 12.1. The fourth-order valence-electron chi connectivity index (χ4n) is 1.64. The third-order valence-electron chi connectivity index (χ3n) is 2.74. The molecule has 0 aliphatic heterocycles. The van der Waals surface area contributed by atoms with Crippen molar-refractivity contribution in [3.8, 4) is 0 Å². The first-order valence-electron chi connectivity index (χ1n) is 5.36. The van der Waals surface area contributed by atoms with Crippen molar-refractivity contribution in [1.29, 1.82) is 0 Å². The fraction of sp³-hybridized carbons (Fsp3) is 0.500. The maximum atomic E-state index is 12.1. The Balaban J connectivity index is 0.00000162. The lowest BCUT2D eigenvalue weighted by Crippen LogP contribution is -2.41. The van der Waals surface area contributed by atoms with E-state index in [1.165, 1.54) is 12.3 Å². The van der Waals surface area contributed by atoms with Gasteiger partial charge in [0.05, 0.1) is 0 Å². The predicted molar refractivity (Wildman–Crippen MR) is 75.1 cm³/mol. The third kappa shape index (κ3) is 3.89. The lowest BCUT2D eigenvalue weighted by molar-refractivity contribution is 0.519. The van der Waals surface area contributed by atoms with Gasteiger partial charge in [-0.05, 0) is 40.8 Å². The van der Waals surface area contributed by atoms with Crippen LogP contribution in [0.3, 0.4) is 0 Å². The molecule has 1 saturated carbocycles. The summed E-state index contributed by atoms with van der Waals surface area (Å²) in [5, 5.41) is 0. The van der Waals surface area contributed by atoms with E-state index in [1.54, 1.807) is 6.20 Å². The average Bonchev–Trinajstić information content (AvgIpc) is 3.10. The molecule has 1 aromatic rings. The van der Waals surface area contributed by atoms with Gasteiger partial charge in [0.25, 0.3) is 0 Å². The number of hydrogen-bond acceptors (Lipinski definition) is 4. The van der Waals surface area contributed by atoms with Crippen LogP contribution in [0.1, 0.15) is 12.8 Å². The van der Waals surface area contributed by atoms with E-state index in [0.29, 0.717) is 16.9 Å². The molecule has 3 N–H and O–H groups in total. The summed E-state index contributed by atoms with van der Waals surface area (Å²) >= 11 is 3.20. The normalized spacial score (nSPS) is 17.0. The zero-order valence-electron chi connectivity index (χ0n) is 9.54. The molecule has 1 heterocycles. The van der Waals surface area contributed by atoms with Gasteiger partial charge in [0.15, 0.2) is 0 Å². The van der Waals surface area contributed by atoms with Crippen LogP contribution in [0.2, 0.25) is 0 Å². The van der Waals surface area contributed by atoms with Crippen LogP contribution < -0.4 is 10.5 Å². The van der Waals surface area contributed by atoms with Crippen molar-refractivity contribution < 1.29 is 8.42 Å². The molecule has 5 nitrogen and oxygen atoms in total. The summed E-state index contributed by atoms with van der Waals surface area (Å²) < 4.78 is 27.4. The molecule has 0 radical (unpaired) electrons. The third-order valence-corrected chi connectivity index (χ3v) is 4.63. The Morgan fingerprint density at radius 2 is 2.17 bits per heavy atom. The molecular weight excluding hydrogens is 342 g/mol. The summed E-state index contributed by atoms with van der Waals surface area (Å²) in [4.78, 5) is 4.01. The van der Waals surface area contributed by atoms with Gasteiger partial charge in [0.2, 0.25) is 10.0 Å². The van der Waals surface area contributed by atoms with E-state index in [9.17, 15) is 8.42 Å². The van der Waals surface area contributed by atoms with Crippen LogP contribution in [0.4, 0.5) is 0 Å². The topological polar surface area (TPSA) is 85.1 Å². The van der Waals surface area contributed by atoms with Crippen LogP contribution in [-0.4, -0.2) is 26.0 Å². The fourth-order valence-corrected chi connectivity index (χ4v) is 3.46. The second kappa shape index (κ2) is 6.29. The summed E-state index contributed by atoms with van der Waals surface area (Å²) in [6.45, 7) is 0.325. The Kier molecular flexibility index (Phi) is 5.54. The van der Waals surface area contributed by atoms with Crippen molar-refractivity contribution in [3.63, 3.8) is 0 Å². The highest BCUT2D eigenvalue weighted by Gasteiger charge is 2.33. The zero-order chi connectivity index (χ0) is 12.5. The smallest absolute Gasteiger partial charge is 0.242 e. The van der Waals surface area contributed by atoms with Crippen molar-refractivity contribution in [3.05, 3.63) is 22.9 Å². The molecule has 0 amide bonds. The predicted octanol–water partition coefficient (Wildman–Crippen LogP) is 1.28. The minimum absolute atomic E-state index is 0. The van der Waals surface area contributed by atoms with Crippen LogP contribution in [0.15, 0.2) is 27.8 Å². The standard InChI is InChI=1S/C10H14BrN3O2S.ClH/c11-8-3-9(6-13-5-8)17(15,16)14-10(4-12)7-1-2-7;/h3,5-7,10,14H,1-2,4,12H2;1H. The molecule has 1 aliphatic carbocycles. The summed E-state index contributed by atoms with van der Waals surface area (Å²) in [5.74, 6) is 0.384. The highest BCUT2D eigenvalue weighted by atomic mass is 79.9. The van der Waals surface area contributed by atoms with Crippen molar-refractivity contribution >= 4 is 38.4 Å². The van der Waals surface area contributed by atoms with Crippen LogP contribution >= 0.6 is 28.3 Å². The molecule has 1 fully saturated rings. The quantitative estimate of drug-likeness (QED) is 0.832. The molecule has 0 spiro atoms. The van der Waals surface area contributed by atoms with Gasteiger partial charge in [-0.25, -0.2) is 13.1 Å². The monoisotopic (exact) mass is 355 g/mol. The van der Waals surface area contributed by atoms with Crippen molar-refractivity contribution in [2.75, 3.05) is 6.54 Å². The van der Waals surface area contributed by atoms with Gasteiger partial charge in [0.1, 0.15) is 4.90 Å². The Bertz CT molecular complexity index is 508. The number of nitrogens with zero attached hydrogens (tertiary/aromatic N) is 1. The number of aromatic nitrogens is 1. The van der Waals surface area contributed by atoms with Crippen molar-refractivity contribution in [1.82, 2.24) is 9.71 Å². The van der Waals surface area contributed by atoms with Gasteiger partial charge < -0.3 is 5.73 Å². The SMILES string of the molecule is Cl.NCC(NS(=O)(=O)c1cncc(Br)c1)C1CC1. The minimum Gasteiger partial charge on any atom is -0.329 e. The largest absolute Gasteiger partial charge is 0.329 e. The number of pyridine rings is 1. The van der Waals surface area contributed by atoms with Crippen LogP contribution in [0.25, 0.3) is 0 Å². The average molecular weight is 357 g/mol. The first kappa shape index (κ1) is 15.8. The number of nitrogens with two attached hydrogens (primary N) is 1. The number of rotatable bonds is 5. The Morgan fingerprint density at radius 3 is 2.67 bits per heavy atom. The molecule has 1 aliphatic rings. The van der Waals surface area contributed by atoms with Crippen LogP contribution in [0, 0.1) is 5.92 Å². The molecule has 18 heavy (non-hydrogen) atoms. The molecule has 2 rings (SSSR count). The molecule has 0 aromatic carbocycles. The first-order chi connectivity index (χ1) is 8.03. The van der Waals surface area contributed by atoms with E-state index < -0.39 is 10.0 Å². The summed E-state index contributed by atoms with van der Waals surface area (Å²) in [5.41, 5.74) is 5.58. The minimum atomic E-state index is -3.52. The lowest BCUT2D eigenvalue weighted by Gasteiger charge is -2.16. The van der Waals surface area contributed by atoms with Gasteiger partial charge in [0, 0.05) is 29.5 Å². The van der Waals surface area contributed by atoms with Crippen molar-refractivity contribution in [2.45, 2.75) is 23.8 Å². The van der Waals surface area contributed by atoms with E-state index in [1.807, 2.05) is 0 Å². The molecule has 1 atom stereocenters. The number of sulfonamides is 1. The van der Waals surface area contributed by atoms with E-state index >= 15 is 0 Å².